The van der Waals surface area contributed by atoms with Gasteiger partial charge in [0.25, 0.3) is 0 Å². The Morgan fingerprint density at radius 1 is 1.44 bits per heavy atom. The van der Waals surface area contributed by atoms with Crippen molar-refractivity contribution in [3.63, 3.8) is 0 Å². The van der Waals surface area contributed by atoms with Crippen molar-refractivity contribution in [3.8, 4) is 0 Å². The number of rotatable bonds is 4. The number of carbonyl (C=O) groups excluding carboxylic acids is 1. The second kappa shape index (κ2) is 5.26. The molecule has 0 saturated carbocycles. The molecule has 0 atom stereocenters. The van der Waals surface area contributed by atoms with Crippen LogP contribution >= 0.6 is 11.8 Å². The molecule has 82 valence electrons. The molecule has 0 aromatic carbocycles. The Bertz CT molecular complexity index is 444. The topological polar surface area (TPSA) is 83.6 Å². The van der Waals surface area contributed by atoms with E-state index in [1.54, 1.807) is 30.7 Å². The number of nitrogens with one attached hydrogen (secondary N) is 2. The highest BCUT2D eigenvalue weighted by Gasteiger charge is 2.04. The van der Waals surface area contributed by atoms with Crippen LogP contribution in [0.3, 0.4) is 0 Å². The summed E-state index contributed by atoms with van der Waals surface area (Å²) in [6, 6.07) is 3.47. The van der Waals surface area contributed by atoms with Crippen LogP contribution in [0.1, 0.15) is 0 Å². The number of hydrogen-bond donors (Lipinski definition) is 2. The van der Waals surface area contributed by atoms with Crippen molar-refractivity contribution < 1.29 is 4.79 Å². The third-order valence-electron chi connectivity index (χ3n) is 1.71. The van der Waals surface area contributed by atoms with Gasteiger partial charge in [-0.25, -0.2) is 0 Å². The first kappa shape index (κ1) is 10.6. The van der Waals surface area contributed by atoms with E-state index in [0.717, 1.165) is 5.69 Å². The van der Waals surface area contributed by atoms with Crippen LogP contribution in [-0.4, -0.2) is 32.1 Å². The maximum Gasteiger partial charge on any atom is 0.234 e. The van der Waals surface area contributed by atoms with Gasteiger partial charge < -0.3 is 5.32 Å². The minimum absolute atomic E-state index is 0.0841. The van der Waals surface area contributed by atoms with Crippen molar-refractivity contribution in [1.82, 2.24) is 20.4 Å². The molecule has 2 rings (SSSR count). The Hall–Kier alpha value is -1.89. The molecule has 2 aromatic heterocycles. The molecule has 0 radical (unpaired) electrons. The van der Waals surface area contributed by atoms with E-state index in [2.05, 4.69) is 25.7 Å². The van der Waals surface area contributed by atoms with E-state index in [9.17, 15) is 4.79 Å². The van der Waals surface area contributed by atoms with Crippen molar-refractivity contribution in [2.45, 2.75) is 5.03 Å². The average Bonchev–Trinajstić information content (AvgIpc) is 2.81. The highest BCUT2D eigenvalue weighted by atomic mass is 32.2. The summed E-state index contributed by atoms with van der Waals surface area (Å²) in [7, 11) is 0. The molecule has 1 amide bonds. The molecule has 0 saturated heterocycles. The van der Waals surface area contributed by atoms with Crippen LogP contribution in [0.5, 0.6) is 0 Å². The van der Waals surface area contributed by atoms with Gasteiger partial charge in [-0.2, -0.15) is 10.3 Å². The van der Waals surface area contributed by atoms with Crippen molar-refractivity contribution >= 4 is 23.4 Å². The summed E-state index contributed by atoms with van der Waals surface area (Å²) in [5.41, 5.74) is 0.737. The highest BCUT2D eigenvalue weighted by Crippen LogP contribution is 2.13. The maximum absolute atomic E-state index is 11.5. The van der Waals surface area contributed by atoms with E-state index >= 15 is 0 Å². The van der Waals surface area contributed by atoms with Crippen molar-refractivity contribution in [2.75, 3.05) is 11.1 Å². The Labute approximate surface area is 95.9 Å². The van der Waals surface area contributed by atoms with Crippen LogP contribution in [0, 0.1) is 0 Å². The lowest BCUT2D eigenvalue weighted by atomic mass is 10.4. The number of nitrogens with zero attached hydrogens (tertiary/aromatic N) is 3. The first-order chi connectivity index (χ1) is 7.84. The molecule has 0 bridgehead atoms. The van der Waals surface area contributed by atoms with Crippen LogP contribution in [0.25, 0.3) is 0 Å². The van der Waals surface area contributed by atoms with Gasteiger partial charge in [0, 0.05) is 18.1 Å². The van der Waals surface area contributed by atoms with E-state index in [4.69, 9.17) is 0 Å². The Morgan fingerprint density at radius 2 is 2.25 bits per heavy atom. The predicted molar refractivity (Wildman–Crippen MR) is 60.0 cm³/mol. The van der Waals surface area contributed by atoms with Crippen molar-refractivity contribution in [2.24, 2.45) is 0 Å². The standard InChI is InChI=1S/C9H9N5OS/c15-8(6-16-9-5-11-14-13-9)12-7-1-3-10-4-2-7/h1-5H,6H2,(H,10,12,15)(H,11,13,14). The third kappa shape index (κ3) is 3.06. The molecule has 16 heavy (non-hydrogen) atoms. The summed E-state index contributed by atoms with van der Waals surface area (Å²) in [5.74, 6) is 0.216. The van der Waals surface area contributed by atoms with Gasteiger partial charge in [0.05, 0.1) is 11.9 Å². The number of amides is 1. The number of pyridine rings is 1. The number of aromatic nitrogens is 4. The normalized spacial score (nSPS) is 10.0. The fourth-order valence-corrected chi connectivity index (χ4v) is 1.62. The van der Waals surface area contributed by atoms with Gasteiger partial charge >= 0.3 is 0 Å². The molecule has 6 nitrogen and oxygen atoms in total. The second-order valence-electron chi connectivity index (χ2n) is 2.88. The Balaban J connectivity index is 1.81. The number of H-pyrrole nitrogens is 1. The van der Waals surface area contributed by atoms with E-state index in [0.29, 0.717) is 10.8 Å². The van der Waals surface area contributed by atoms with E-state index in [1.165, 1.54) is 11.8 Å². The van der Waals surface area contributed by atoms with Crippen LogP contribution in [0.4, 0.5) is 5.69 Å². The molecule has 0 aliphatic carbocycles. The van der Waals surface area contributed by atoms with Gasteiger partial charge in [0.1, 0.15) is 5.03 Å². The average molecular weight is 235 g/mol. The van der Waals surface area contributed by atoms with E-state index in [-0.39, 0.29) is 5.91 Å². The van der Waals surface area contributed by atoms with Crippen molar-refractivity contribution in [1.29, 1.82) is 0 Å². The Kier molecular flexibility index (Phi) is 3.50. The summed E-state index contributed by atoms with van der Waals surface area (Å²) >= 11 is 1.32. The lowest BCUT2D eigenvalue weighted by Gasteiger charge is -2.02. The summed E-state index contributed by atoms with van der Waals surface area (Å²) in [5, 5.41) is 13.4. The maximum atomic E-state index is 11.5. The third-order valence-corrected chi connectivity index (χ3v) is 2.61. The minimum Gasteiger partial charge on any atom is -0.325 e. The first-order valence-corrected chi connectivity index (χ1v) is 5.51. The van der Waals surface area contributed by atoms with Crippen LogP contribution in [-0.2, 0) is 4.79 Å². The molecule has 0 aliphatic rings. The molecule has 7 heteroatoms. The SMILES string of the molecule is O=C(CSc1cn[nH]n1)Nc1ccncc1. The van der Waals surface area contributed by atoms with Gasteiger partial charge in [-0.1, -0.05) is 11.8 Å². The van der Waals surface area contributed by atoms with Gasteiger partial charge in [0.15, 0.2) is 0 Å². The number of carbonyl (C=O) groups is 1. The van der Waals surface area contributed by atoms with Gasteiger partial charge in [-0.05, 0) is 12.1 Å². The zero-order chi connectivity index (χ0) is 11.2. The molecule has 2 N–H and O–H groups in total. The molecular formula is C9H9N5OS. The molecule has 0 fully saturated rings. The predicted octanol–water partition coefficient (Wildman–Crippen LogP) is 0.930. The smallest absolute Gasteiger partial charge is 0.234 e. The highest BCUT2D eigenvalue weighted by molar-refractivity contribution is 7.99. The summed E-state index contributed by atoms with van der Waals surface area (Å²) < 4.78 is 0. The number of hydrogen-bond acceptors (Lipinski definition) is 5. The van der Waals surface area contributed by atoms with Crippen LogP contribution in [0.15, 0.2) is 35.7 Å². The van der Waals surface area contributed by atoms with Crippen molar-refractivity contribution in [3.05, 3.63) is 30.7 Å². The summed E-state index contributed by atoms with van der Waals surface area (Å²) in [6.07, 6.45) is 4.82. The lowest BCUT2D eigenvalue weighted by molar-refractivity contribution is -0.113. The van der Waals surface area contributed by atoms with E-state index in [1.807, 2.05) is 0 Å². The number of anilines is 1. The zero-order valence-electron chi connectivity index (χ0n) is 8.25. The molecule has 0 unspecified atom stereocenters. The largest absolute Gasteiger partial charge is 0.325 e. The Morgan fingerprint density at radius 3 is 2.94 bits per heavy atom. The molecular weight excluding hydrogens is 226 g/mol. The van der Waals surface area contributed by atoms with Crippen LogP contribution < -0.4 is 5.32 Å². The van der Waals surface area contributed by atoms with E-state index < -0.39 is 0 Å². The quantitative estimate of drug-likeness (QED) is 0.770. The van der Waals surface area contributed by atoms with Gasteiger partial charge in [-0.3, -0.25) is 9.78 Å². The van der Waals surface area contributed by atoms with Crippen LogP contribution in [0.2, 0.25) is 0 Å². The fourth-order valence-electron chi connectivity index (χ4n) is 1.03. The monoisotopic (exact) mass is 235 g/mol. The van der Waals surface area contributed by atoms with Gasteiger partial charge in [-0.15, -0.1) is 5.10 Å². The van der Waals surface area contributed by atoms with Gasteiger partial charge in [0.2, 0.25) is 5.91 Å². The summed E-state index contributed by atoms with van der Waals surface area (Å²) in [6.45, 7) is 0. The number of thioether (sulfide) groups is 1. The zero-order valence-corrected chi connectivity index (χ0v) is 9.07. The molecule has 0 aliphatic heterocycles. The first-order valence-electron chi connectivity index (χ1n) is 4.53. The summed E-state index contributed by atoms with van der Waals surface area (Å²) in [4.78, 5) is 15.4. The molecule has 0 spiro atoms. The second-order valence-corrected chi connectivity index (χ2v) is 3.88. The minimum atomic E-state index is -0.0841. The lowest BCUT2D eigenvalue weighted by Crippen LogP contribution is -2.13. The molecule has 2 aromatic rings. The molecule has 2 heterocycles. The number of aromatic amines is 1. The fraction of sp³-hybridized carbons (Fsp3) is 0.111.